The first-order valence-corrected chi connectivity index (χ1v) is 12.8. The molecule has 0 atom stereocenters. The minimum atomic E-state index is -3.97. The molecule has 0 aliphatic heterocycles. The molecule has 0 fully saturated rings. The zero-order chi connectivity index (χ0) is 26.2. The highest BCUT2D eigenvalue weighted by molar-refractivity contribution is 7.92. The summed E-state index contributed by atoms with van der Waals surface area (Å²) in [5.41, 5.74) is 3.84. The van der Waals surface area contributed by atoms with Gasteiger partial charge in [-0.15, -0.1) is 0 Å². The van der Waals surface area contributed by atoms with E-state index in [1.807, 2.05) is 38.1 Å². The monoisotopic (exact) mass is 504 g/mol. The maximum Gasteiger partial charge on any atom is 0.295 e. The van der Waals surface area contributed by atoms with Crippen molar-refractivity contribution in [2.75, 3.05) is 10.0 Å². The van der Waals surface area contributed by atoms with Crippen LogP contribution in [0.3, 0.4) is 0 Å². The van der Waals surface area contributed by atoms with Crippen LogP contribution < -0.4 is 15.6 Å². The number of amides is 1. The fourth-order valence-corrected chi connectivity index (χ4v) is 5.38. The highest BCUT2D eigenvalue weighted by Crippen LogP contribution is 2.25. The van der Waals surface area contributed by atoms with E-state index >= 15 is 0 Å². The van der Waals surface area contributed by atoms with E-state index in [2.05, 4.69) is 10.0 Å². The molecule has 0 saturated heterocycles. The highest BCUT2D eigenvalue weighted by atomic mass is 32.2. The lowest BCUT2D eigenvalue weighted by Crippen LogP contribution is -2.23. The van der Waals surface area contributed by atoms with Gasteiger partial charge in [0, 0.05) is 12.6 Å². The lowest BCUT2D eigenvalue weighted by atomic mass is 10.1. The van der Waals surface area contributed by atoms with Gasteiger partial charge in [0.2, 0.25) is 0 Å². The number of aryl methyl sites for hydroxylation is 2. The SMILES string of the molecule is Cc1ccc(C(=O)Nc2c(C)n(C)n(-c3ccccc3)c2=O)cc1S(=O)(=O)Nc1cccc(C)c1C. The first kappa shape index (κ1) is 25.0. The molecule has 0 aliphatic rings. The van der Waals surface area contributed by atoms with E-state index in [1.165, 1.54) is 16.8 Å². The summed E-state index contributed by atoms with van der Waals surface area (Å²) in [5.74, 6) is -0.579. The van der Waals surface area contributed by atoms with Crippen molar-refractivity contribution < 1.29 is 13.2 Å². The van der Waals surface area contributed by atoms with Crippen molar-refractivity contribution in [1.29, 1.82) is 0 Å². The molecule has 0 saturated carbocycles. The predicted molar refractivity (Wildman–Crippen MR) is 142 cm³/mol. The summed E-state index contributed by atoms with van der Waals surface area (Å²) in [5, 5.41) is 2.68. The Kier molecular flexibility index (Phi) is 6.60. The number of rotatable bonds is 6. The second-order valence-electron chi connectivity index (χ2n) is 8.72. The summed E-state index contributed by atoms with van der Waals surface area (Å²) in [6.07, 6.45) is 0. The number of para-hydroxylation sites is 1. The van der Waals surface area contributed by atoms with Crippen molar-refractivity contribution in [3.05, 3.63) is 105 Å². The van der Waals surface area contributed by atoms with Gasteiger partial charge in [0.15, 0.2) is 0 Å². The number of carbonyl (C=O) groups excluding carboxylic acids is 1. The fraction of sp³-hybridized carbons (Fsp3) is 0.185. The van der Waals surface area contributed by atoms with Crippen LogP contribution in [0.5, 0.6) is 0 Å². The quantitative estimate of drug-likeness (QED) is 0.405. The van der Waals surface area contributed by atoms with Crippen molar-refractivity contribution in [3.8, 4) is 5.69 Å². The lowest BCUT2D eigenvalue weighted by molar-refractivity contribution is 0.102. The Morgan fingerprint density at radius 2 is 1.56 bits per heavy atom. The summed E-state index contributed by atoms with van der Waals surface area (Å²) in [6.45, 7) is 7.14. The molecule has 1 aromatic heterocycles. The largest absolute Gasteiger partial charge is 0.316 e. The Bertz CT molecular complexity index is 1630. The molecule has 3 aromatic carbocycles. The smallest absolute Gasteiger partial charge is 0.295 e. The van der Waals surface area contributed by atoms with Crippen LogP contribution in [0.15, 0.2) is 76.4 Å². The first-order valence-electron chi connectivity index (χ1n) is 11.4. The molecule has 4 aromatic rings. The number of nitrogens with zero attached hydrogens (tertiary/aromatic N) is 2. The fourth-order valence-electron chi connectivity index (χ4n) is 3.99. The van der Waals surface area contributed by atoms with Gasteiger partial charge >= 0.3 is 0 Å². The maximum atomic E-state index is 13.2. The van der Waals surface area contributed by atoms with Gasteiger partial charge in [0.25, 0.3) is 21.5 Å². The molecule has 1 heterocycles. The van der Waals surface area contributed by atoms with E-state index in [0.29, 0.717) is 22.6 Å². The van der Waals surface area contributed by atoms with E-state index in [1.54, 1.807) is 55.9 Å². The predicted octanol–water partition coefficient (Wildman–Crippen LogP) is 4.46. The minimum Gasteiger partial charge on any atom is -0.316 e. The van der Waals surface area contributed by atoms with Crippen molar-refractivity contribution in [1.82, 2.24) is 9.36 Å². The van der Waals surface area contributed by atoms with Gasteiger partial charge in [-0.1, -0.05) is 36.4 Å². The van der Waals surface area contributed by atoms with Gasteiger partial charge < -0.3 is 5.32 Å². The molecule has 186 valence electrons. The molecule has 8 nitrogen and oxygen atoms in total. The van der Waals surface area contributed by atoms with Crippen LogP contribution in [-0.4, -0.2) is 23.7 Å². The number of carbonyl (C=O) groups is 1. The molecule has 0 aliphatic carbocycles. The molecule has 0 unspecified atom stereocenters. The molecule has 4 rings (SSSR count). The lowest BCUT2D eigenvalue weighted by Gasteiger charge is -2.14. The third kappa shape index (κ3) is 4.57. The van der Waals surface area contributed by atoms with Crippen molar-refractivity contribution >= 4 is 27.3 Å². The Morgan fingerprint density at radius 1 is 0.861 bits per heavy atom. The van der Waals surface area contributed by atoms with Crippen LogP contribution in [0, 0.1) is 27.7 Å². The normalized spacial score (nSPS) is 11.4. The maximum absolute atomic E-state index is 13.2. The molecule has 0 bridgehead atoms. The first-order chi connectivity index (χ1) is 17.0. The number of hydrogen-bond acceptors (Lipinski definition) is 4. The van der Waals surface area contributed by atoms with Gasteiger partial charge in [-0.3, -0.25) is 19.0 Å². The minimum absolute atomic E-state index is 0.0115. The number of anilines is 2. The number of nitrogens with one attached hydrogen (secondary N) is 2. The second kappa shape index (κ2) is 9.50. The highest BCUT2D eigenvalue weighted by Gasteiger charge is 2.22. The molecule has 9 heteroatoms. The van der Waals surface area contributed by atoms with Gasteiger partial charge in [0.1, 0.15) is 5.69 Å². The third-order valence-electron chi connectivity index (χ3n) is 6.38. The number of benzene rings is 3. The van der Waals surface area contributed by atoms with E-state index in [0.717, 1.165) is 11.1 Å². The van der Waals surface area contributed by atoms with Gasteiger partial charge in [-0.25, -0.2) is 13.1 Å². The van der Waals surface area contributed by atoms with Crippen LogP contribution in [-0.2, 0) is 17.1 Å². The molecule has 0 radical (unpaired) electrons. The summed E-state index contributed by atoms with van der Waals surface area (Å²) < 4.78 is 32.2. The van der Waals surface area contributed by atoms with E-state index < -0.39 is 15.9 Å². The average Bonchev–Trinajstić information content (AvgIpc) is 3.05. The summed E-state index contributed by atoms with van der Waals surface area (Å²) in [7, 11) is -2.24. The van der Waals surface area contributed by atoms with Crippen molar-refractivity contribution in [2.45, 2.75) is 32.6 Å². The Labute approximate surface area is 210 Å². The van der Waals surface area contributed by atoms with Gasteiger partial charge in [-0.2, -0.15) is 0 Å². The van der Waals surface area contributed by atoms with Crippen LogP contribution >= 0.6 is 0 Å². The second-order valence-corrected chi connectivity index (χ2v) is 10.4. The average molecular weight is 505 g/mol. The summed E-state index contributed by atoms with van der Waals surface area (Å²) in [4.78, 5) is 26.3. The molecule has 0 spiro atoms. The standard InChI is InChI=1S/C27H28N4O4S/c1-17-10-9-13-23(19(17)3)29-36(34,35)24-16-21(15-14-18(24)2)26(32)28-25-20(4)30(5)31(27(25)33)22-11-7-6-8-12-22/h6-16,29H,1-5H3,(H,28,32). The zero-order valence-corrected chi connectivity index (χ0v) is 21.6. The van der Waals surface area contributed by atoms with Crippen molar-refractivity contribution in [2.24, 2.45) is 7.05 Å². The van der Waals surface area contributed by atoms with E-state index in [4.69, 9.17) is 0 Å². The third-order valence-corrected chi connectivity index (χ3v) is 7.89. The molecular weight excluding hydrogens is 476 g/mol. The van der Waals surface area contributed by atoms with Gasteiger partial charge in [0.05, 0.1) is 22.0 Å². The van der Waals surface area contributed by atoms with Crippen LogP contribution in [0.25, 0.3) is 5.69 Å². The van der Waals surface area contributed by atoms with Crippen LogP contribution in [0.1, 0.15) is 32.7 Å². The Morgan fingerprint density at radius 3 is 2.25 bits per heavy atom. The Hall–Kier alpha value is -4.11. The molecular formula is C27H28N4O4S. The molecule has 1 amide bonds. The summed E-state index contributed by atoms with van der Waals surface area (Å²) >= 11 is 0. The summed E-state index contributed by atoms with van der Waals surface area (Å²) in [6, 6.07) is 18.9. The number of aromatic nitrogens is 2. The zero-order valence-electron chi connectivity index (χ0n) is 20.8. The van der Waals surface area contributed by atoms with Crippen LogP contribution in [0.4, 0.5) is 11.4 Å². The van der Waals surface area contributed by atoms with Gasteiger partial charge in [-0.05, 0) is 74.7 Å². The van der Waals surface area contributed by atoms with E-state index in [9.17, 15) is 18.0 Å². The number of sulfonamides is 1. The Balaban J connectivity index is 1.67. The van der Waals surface area contributed by atoms with Crippen LogP contribution in [0.2, 0.25) is 0 Å². The topological polar surface area (TPSA) is 102 Å². The number of hydrogen-bond donors (Lipinski definition) is 2. The molecule has 36 heavy (non-hydrogen) atoms. The van der Waals surface area contributed by atoms with E-state index in [-0.39, 0.29) is 21.7 Å². The molecule has 2 N–H and O–H groups in total. The van der Waals surface area contributed by atoms with Crippen molar-refractivity contribution in [3.63, 3.8) is 0 Å².